The second-order valence-corrected chi connectivity index (χ2v) is 6.28. The van der Waals surface area contributed by atoms with Gasteiger partial charge in [0.25, 0.3) is 0 Å². The van der Waals surface area contributed by atoms with Crippen LogP contribution < -0.4 is 5.73 Å². The third-order valence-corrected chi connectivity index (χ3v) is 4.02. The van der Waals surface area contributed by atoms with Gasteiger partial charge < -0.3 is 5.73 Å². The van der Waals surface area contributed by atoms with Gasteiger partial charge in [-0.25, -0.2) is 4.98 Å². The molecule has 2 nitrogen and oxygen atoms in total. The lowest BCUT2D eigenvalue weighted by molar-refractivity contribution is 0.741. The minimum atomic E-state index is 0.243. The Hall–Kier alpha value is -0.0600. The zero-order valence-electron chi connectivity index (χ0n) is 8.99. The molecule has 1 heterocycles. The van der Waals surface area contributed by atoms with E-state index in [0.717, 1.165) is 17.9 Å². The van der Waals surface area contributed by atoms with Crippen LogP contribution in [0.5, 0.6) is 0 Å². The van der Waals surface area contributed by atoms with Gasteiger partial charge in [0.15, 0.2) is 0 Å². The summed E-state index contributed by atoms with van der Waals surface area (Å²) >= 11 is 3.63. The topological polar surface area (TPSA) is 38.9 Å². The highest BCUT2D eigenvalue weighted by Gasteiger charge is 2.08. The third-order valence-electron chi connectivity index (χ3n) is 1.75. The highest BCUT2D eigenvalue weighted by atomic mass is 32.2. The van der Waals surface area contributed by atoms with Crippen LogP contribution in [0.1, 0.15) is 24.5 Å². The summed E-state index contributed by atoms with van der Waals surface area (Å²) in [6.45, 7) is 6.42. The molecule has 0 aliphatic carbocycles. The molecule has 0 saturated heterocycles. The molecule has 1 rings (SSSR count). The van der Waals surface area contributed by atoms with Crippen LogP contribution in [0.3, 0.4) is 0 Å². The van der Waals surface area contributed by atoms with E-state index in [-0.39, 0.29) is 6.04 Å². The Balaban J connectivity index is 2.30. The largest absolute Gasteiger partial charge is 0.327 e. The SMILES string of the molecule is Cc1csc(CC(N)CSC(C)C)n1. The van der Waals surface area contributed by atoms with Crippen LogP contribution >= 0.6 is 23.1 Å². The molecule has 1 aromatic heterocycles. The van der Waals surface area contributed by atoms with Crippen LogP contribution in [0, 0.1) is 6.92 Å². The standard InChI is InChI=1S/C10H18N2S2/c1-7(2)13-6-9(11)4-10-12-8(3)5-14-10/h5,7,9H,4,6,11H2,1-3H3. The number of rotatable bonds is 5. The molecular weight excluding hydrogens is 212 g/mol. The van der Waals surface area contributed by atoms with Crippen LogP contribution in [-0.2, 0) is 6.42 Å². The number of nitrogens with two attached hydrogens (primary N) is 1. The lowest BCUT2D eigenvalue weighted by Gasteiger charge is -2.10. The molecule has 0 aliphatic rings. The Kier molecular flexibility index (Phi) is 4.92. The maximum atomic E-state index is 6.01. The van der Waals surface area contributed by atoms with Crippen molar-refractivity contribution in [2.45, 2.75) is 38.5 Å². The van der Waals surface area contributed by atoms with Crippen molar-refractivity contribution in [2.24, 2.45) is 5.73 Å². The predicted molar refractivity (Wildman–Crippen MR) is 66.1 cm³/mol. The minimum Gasteiger partial charge on any atom is -0.327 e. The summed E-state index contributed by atoms with van der Waals surface area (Å²) < 4.78 is 0. The Bertz CT molecular complexity index is 271. The molecule has 1 aromatic rings. The van der Waals surface area contributed by atoms with Crippen molar-refractivity contribution in [3.63, 3.8) is 0 Å². The van der Waals surface area contributed by atoms with Crippen molar-refractivity contribution >= 4 is 23.1 Å². The van der Waals surface area contributed by atoms with Crippen molar-refractivity contribution in [2.75, 3.05) is 5.75 Å². The maximum Gasteiger partial charge on any atom is 0.0943 e. The number of thioether (sulfide) groups is 1. The van der Waals surface area contributed by atoms with Crippen molar-refractivity contribution in [3.05, 3.63) is 16.1 Å². The van der Waals surface area contributed by atoms with Gasteiger partial charge in [-0.2, -0.15) is 11.8 Å². The van der Waals surface area contributed by atoms with Gasteiger partial charge in [0.1, 0.15) is 0 Å². The minimum absolute atomic E-state index is 0.243. The van der Waals surface area contributed by atoms with Gasteiger partial charge >= 0.3 is 0 Å². The van der Waals surface area contributed by atoms with E-state index in [0.29, 0.717) is 5.25 Å². The first-order valence-electron chi connectivity index (χ1n) is 4.86. The molecule has 0 fully saturated rings. The zero-order valence-corrected chi connectivity index (χ0v) is 10.6. The fourth-order valence-electron chi connectivity index (χ4n) is 1.10. The first-order valence-corrected chi connectivity index (χ1v) is 6.79. The van der Waals surface area contributed by atoms with Crippen LogP contribution in [0.15, 0.2) is 5.38 Å². The summed E-state index contributed by atoms with van der Waals surface area (Å²) in [4.78, 5) is 4.41. The van der Waals surface area contributed by atoms with Gasteiger partial charge in [0, 0.05) is 29.3 Å². The number of nitrogens with zero attached hydrogens (tertiary/aromatic N) is 1. The molecule has 0 bridgehead atoms. The van der Waals surface area contributed by atoms with E-state index in [9.17, 15) is 0 Å². The van der Waals surface area contributed by atoms with Gasteiger partial charge in [-0.05, 0) is 12.2 Å². The molecule has 4 heteroatoms. The first-order chi connectivity index (χ1) is 6.58. The number of hydrogen-bond donors (Lipinski definition) is 1. The molecule has 0 saturated carbocycles. The number of aryl methyl sites for hydroxylation is 1. The van der Waals surface area contributed by atoms with Crippen LogP contribution in [0.25, 0.3) is 0 Å². The van der Waals surface area contributed by atoms with Crippen LogP contribution in [0.4, 0.5) is 0 Å². The summed E-state index contributed by atoms with van der Waals surface area (Å²) in [6.07, 6.45) is 0.915. The predicted octanol–water partition coefficient (Wildman–Crippen LogP) is 2.46. The van der Waals surface area contributed by atoms with Gasteiger partial charge in [-0.1, -0.05) is 13.8 Å². The van der Waals surface area contributed by atoms with Crippen molar-refractivity contribution in [3.8, 4) is 0 Å². The smallest absolute Gasteiger partial charge is 0.0943 e. The maximum absolute atomic E-state index is 6.01. The summed E-state index contributed by atoms with van der Waals surface area (Å²) in [6, 6.07) is 0.243. The summed E-state index contributed by atoms with van der Waals surface area (Å²) in [5.41, 5.74) is 7.11. The summed E-state index contributed by atoms with van der Waals surface area (Å²) in [5.74, 6) is 1.02. The molecule has 1 atom stereocenters. The second-order valence-electron chi connectivity index (χ2n) is 3.73. The molecule has 14 heavy (non-hydrogen) atoms. The Labute approximate surface area is 94.3 Å². The molecular formula is C10H18N2S2. The quantitative estimate of drug-likeness (QED) is 0.844. The highest BCUT2D eigenvalue weighted by molar-refractivity contribution is 7.99. The van der Waals surface area contributed by atoms with Gasteiger partial charge in [0.2, 0.25) is 0 Å². The Morgan fingerprint density at radius 2 is 2.29 bits per heavy atom. The fourth-order valence-corrected chi connectivity index (χ4v) is 2.71. The monoisotopic (exact) mass is 230 g/mol. The van der Waals surface area contributed by atoms with E-state index in [2.05, 4.69) is 24.2 Å². The normalized spacial score (nSPS) is 13.5. The van der Waals surface area contributed by atoms with E-state index in [4.69, 9.17) is 5.73 Å². The Morgan fingerprint density at radius 1 is 1.57 bits per heavy atom. The van der Waals surface area contributed by atoms with Gasteiger partial charge in [-0.3, -0.25) is 0 Å². The number of thiazole rings is 1. The highest BCUT2D eigenvalue weighted by Crippen LogP contribution is 2.14. The van der Waals surface area contributed by atoms with Crippen molar-refractivity contribution in [1.29, 1.82) is 0 Å². The van der Waals surface area contributed by atoms with E-state index >= 15 is 0 Å². The first kappa shape index (κ1) is 12.0. The molecule has 80 valence electrons. The number of aromatic nitrogens is 1. The van der Waals surface area contributed by atoms with Crippen LogP contribution in [0.2, 0.25) is 0 Å². The summed E-state index contributed by atoms with van der Waals surface area (Å²) in [5, 5.41) is 3.91. The average Bonchev–Trinajstić information content (AvgIpc) is 2.48. The fraction of sp³-hybridized carbons (Fsp3) is 0.700. The lowest BCUT2D eigenvalue weighted by Crippen LogP contribution is -2.26. The van der Waals surface area contributed by atoms with Crippen molar-refractivity contribution in [1.82, 2.24) is 4.98 Å². The van der Waals surface area contributed by atoms with E-state index in [1.165, 1.54) is 5.01 Å². The van der Waals surface area contributed by atoms with Crippen LogP contribution in [-0.4, -0.2) is 22.0 Å². The van der Waals surface area contributed by atoms with Crippen molar-refractivity contribution < 1.29 is 0 Å². The molecule has 0 aliphatic heterocycles. The molecule has 1 unspecified atom stereocenters. The van der Waals surface area contributed by atoms with E-state index in [1.54, 1.807) is 11.3 Å². The summed E-state index contributed by atoms with van der Waals surface area (Å²) in [7, 11) is 0. The molecule has 0 spiro atoms. The third kappa shape index (κ3) is 4.44. The Morgan fingerprint density at radius 3 is 2.79 bits per heavy atom. The van der Waals surface area contributed by atoms with Gasteiger partial charge in [-0.15, -0.1) is 11.3 Å². The average molecular weight is 230 g/mol. The second kappa shape index (κ2) is 5.73. The van der Waals surface area contributed by atoms with Gasteiger partial charge in [0.05, 0.1) is 5.01 Å². The molecule has 0 amide bonds. The van der Waals surface area contributed by atoms with E-state index in [1.807, 2.05) is 18.7 Å². The lowest BCUT2D eigenvalue weighted by atomic mass is 10.3. The van der Waals surface area contributed by atoms with E-state index < -0.39 is 0 Å². The molecule has 0 aromatic carbocycles. The molecule has 0 radical (unpaired) electrons. The molecule has 2 N–H and O–H groups in total. The number of hydrogen-bond acceptors (Lipinski definition) is 4. The zero-order chi connectivity index (χ0) is 10.6.